The van der Waals surface area contributed by atoms with Gasteiger partial charge in [0.05, 0.1) is 11.6 Å². The SMILES string of the molecule is C=CCN1C[C@@H](C)N(C(c2cccc(O)c2)c2cccc(C(=O)O)c2)C[C@H]1C. The first-order valence-corrected chi connectivity index (χ1v) is 9.63. The highest BCUT2D eigenvalue weighted by atomic mass is 16.4. The van der Waals surface area contributed by atoms with E-state index in [-0.39, 0.29) is 23.4 Å². The van der Waals surface area contributed by atoms with Gasteiger partial charge in [-0.1, -0.05) is 30.3 Å². The van der Waals surface area contributed by atoms with Crippen LogP contribution in [0.4, 0.5) is 0 Å². The predicted molar refractivity (Wildman–Crippen MR) is 111 cm³/mol. The van der Waals surface area contributed by atoms with Crippen LogP contribution in [0.3, 0.4) is 0 Å². The first kappa shape index (κ1) is 20.1. The second kappa shape index (κ2) is 8.59. The van der Waals surface area contributed by atoms with E-state index in [9.17, 15) is 15.0 Å². The average Bonchev–Trinajstić information content (AvgIpc) is 2.66. The maximum atomic E-state index is 11.5. The van der Waals surface area contributed by atoms with Crippen molar-refractivity contribution in [2.75, 3.05) is 19.6 Å². The van der Waals surface area contributed by atoms with Crippen LogP contribution in [0.5, 0.6) is 5.75 Å². The Balaban J connectivity index is 2.03. The van der Waals surface area contributed by atoms with Crippen molar-refractivity contribution in [2.45, 2.75) is 32.0 Å². The van der Waals surface area contributed by atoms with Crippen molar-refractivity contribution >= 4 is 5.97 Å². The van der Waals surface area contributed by atoms with Gasteiger partial charge in [0.25, 0.3) is 0 Å². The number of nitrogens with zero attached hydrogens (tertiary/aromatic N) is 2. The molecule has 1 saturated heterocycles. The molecule has 0 spiro atoms. The number of aromatic carboxylic acids is 1. The summed E-state index contributed by atoms with van der Waals surface area (Å²) < 4.78 is 0. The van der Waals surface area contributed by atoms with Crippen LogP contribution in [-0.2, 0) is 0 Å². The molecule has 0 amide bonds. The zero-order chi connectivity index (χ0) is 20.3. The molecule has 0 saturated carbocycles. The third kappa shape index (κ3) is 4.26. The number of piperazine rings is 1. The molecule has 2 aromatic rings. The number of hydrogen-bond donors (Lipinski definition) is 2. The van der Waals surface area contributed by atoms with Crippen molar-refractivity contribution in [1.82, 2.24) is 9.80 Å². The van der Waals surface area contributed by atoms with Gasteiger partial charge in [-0.25, -0.2) is 4.79 Å². The number of carbonyl (C=O) groups is 1. The molecule has 1 fully saturated rings. The Kier molecular flexibility index (Phi) is 6.17. The molecule has 0 aliphatic carbocycles. The Labute approximate surface area is 166 Å². The fourth-order valence-electron chi connectivity index (χ4n) is 4.12. The molecule has 1 aliphatic rings. The van der Waals surface area contributed by atoms with E-state index in [1.165, 1.54) is 0 Å². The number of rotatable bonds is 6. The first-order valence-electron chi connectivity index (χ1n) is 9.63. The molecule has 3 atom stereocenters. The monoisotopic (exact) mass is 380 g/mol. The quantitative estimate of drug-likeness (QED) is 0.747. The molecule has 1 aliphatic heterocycles. The molecular formula is C23H28N2O3. The molecule has 2 N–H and O–H groups in total. The van der Waals surface area contributed by atoms with Crippen molar-refractivity contribution in [3.05, 3.63) is 77.9 Å². The molecule has 1 heterocycles. The van der Waals surface area contributed by atoms with E-state index in [1.807, 2.05) is 24.3 Å². The maximum Gasteiger partial charge on any atom is 0.335 e. The summed E-state index contributed by atoms with van der Waals surface area (Å²) in [4.78, 5) is 16.3. The number of aromatic hydroxyl groups is 1. The van der Waals surface area contributed by atoms with Gasteiger partial charge in [-0.15, -0.1) is 6.58 Å². The number of carboxylic acid groups (broad SMARTS) is 1. The van der Waals surface area contributed by atoms with Crippen LogP contribution >= 0.6 is 0 Å². The minimum Gasteiger partial charge on any atom is -0.508 e. The van der Waals surface area contributed by atoms with Crippen LogP contribution < -0.4 is 0 Å². The van der Waals surface area contributed by atoms with Crippen LogP contribution in [-0.4, -0.2) is 57.7 Å². The van der Waals surface area contributed by atoms with Crippen molar-refractivity contribution in [1.29, 1.82) is 0 Å². The topological polar surface area (TPSA) is 64.0 Å². The molecule has 28 heavy (non-hydrogen) atoms. The molecule has 2 aromatic carbocycles. The lowest BCUT2D eigenvalue weighted by Gasteiger charge is -2.47. The zero-order valence-corrected chi connectivity index (χ0v) is 16.5. The standard InChI is InChI=1S/C23H28N2O3/c1-4-11-24-14-17(3)25(15-16(24)2)22(19-8-6-10-21(26)13-19)18-7-5-9-20(12-18)23(27)28/h4-10,12-13,16-17,22,26H,1,11,14-15H2,2-3H3,(H,27,28)/t16-,17-,22?/m1/s1. The summed E-state index contributed by atoms with van der Waals surface area (Å²) in [5.41, 5.74) is 2.15. The maximum absolute atomic E-state index is 11.5. The van der Waals surface area contributed by atoms with E-state index in [0.29, 0.717) is 6.04 Å². The second-order valence-electron chi connectivity index (χ2n) is 7.57. The molecule has 5 heteroatoms. The fourth-order valence-corrected chi connectivity index (χ4v) is 4.12. The predicted octanol–water partition coefficient (Wildman–Crippen LogP) is 3.76. The first-order chi connectivity index (χ1) is 13.4. The molecule has 0 radical (unpaired) electrons. The number of phenols is 1. The van der Waals surface area contributed by atoms with E-state index >= 15 is 0 Å². The summed E-state index contributed by atoms with van der Waals surface area (Å²) in [5, 5.41) is 19.5. The summed E-state index contributed by atoms with van der Waals surface area (Å²) in [6.45, 7) is 10.9. The largest absolute Gasteiger partial charge is 0.508 e. The fraction of sp³-hybridized carbons (Fsp3) is 0.348. The van der Waals surface area contributed by atoms with Gasteiger partial charge in [0, 0.05) is 31.7 Å². The minimum absolute atomic E-state index is 0.130. The van der Waals surface area contributed by atoms with Gasteiger partial charge in [-0.05, 0) is 49.2 Å². The second-order valence-corrected chi connectivity index (χ2v) is 7.57. The highest BCUT2D eigenvalue weighted by Gasteiger charge is 2.34. The molecule has 5 nitrogen and oxygen atoms in total. The van der Waals surface area contributed by atoms with Crippen molar-refractivity contribution in [2.24, 2.45) is 0 Å². The van der Waals surface area contributed by atoms with E-state index in [1.54, 1.807) is 30.3 Å². The Morgan fingerprint density at radius 2 is 1.82 bits per heavy atom. The summed E-state index contributed by atoms with van der Waals surface area (Å²) in [7, 11) is 0. The van der Waals surface area contributed by atoms with E-state index in [0.717, 1.165) is 30.8 Å². The van der Waals surface area contributed by atoms with Crippen LogP contribution in [0.25, 0.3) is 0 Å². The lowest BCUT2D eigenvalue weighted by Crippen LogP contribution is -2.57. The highest BCUT2D eigenvalue weighted by molar-refractivity contribution is 5.87. The van der Waals surface area contributed by atoms with Gasteiger partial charge in [0.15, 0.2) is 0 Å². The lowest BCUT2D eigenvalue weighted by molar-refractivity contribution is 0.0306. The van der Waals surface area contributed by atoms with Gasteiger partial charge in [0.1, 0.15) is 5.75 Å². The number of carboxylic acids is 1. The number of phenolic OH excluding ortho intramolecular Hbond substituents is 1. The van der Waals surface area contributed by atoms with Gasteiger partial charge in [0.2, 0.25) is 0 Å². The van der Waals surface area contributed by atoms with Crippen molar-refractivity contribution < 1.29 is 15.0 Å². The minimum atomic E-state index is -0.936. The highest BCUT2D eigenvalue weighted by Crippen LogP contribution is 2.34. The Morgan fingerprint density at radius 3 is 2.46 bits per heavy atom. The Hall–Kier alpha value is -2.63. The van der Waals surface area contributed by atoms with E-state index in [4.69, 9.17) is 0 Å². The lowest BCUT2D eigenvalue weighted by atomic mass is 9.92. The summed E-state index contributed by atoms with van der Waals surface area (Å²) in [5.74, 6) is -0.725. The Morgan fingerprint density at radius 1 is 1.14 bits per heavy atom. The van der Waals surface area contributed by atoms with Gasteiger partial charge < -0.3 is 10.2 Å². The van der Waals surface area contributed by atoms with E-state index < -0.39 is 5.97 Å². The molecule has 0 bridgehead atoms. The molecule has 3 rings (SSSR count). The van der Waals surface area contributed by atoms with Gasteiger partial charge in [-0.2, -0.15) is 0 Å². The molecule has 148 valence electrons. The molecular weight excluding hydrogens is 352 g/mol. The van der Waals surface area contributed by atoms with Crippen LogP contribution in [0, 0.1) is 0 Å². The molecule has 1 unspecified atom stereocenters. The Bertz CT molecular complexity index is 851. The van der Waals surface area contributed by atoms with Gasteiger partial charge in [-0.3, -0.25) is 9.80 Å². The number of benzene rings is 2. The third-order valence-corrected chi connectivity index (χ3v) is 5.49. The van der Waals surface area contributed by atoms with Crippen molar-refractivity contribution in [3.8, 4) is 5.75 Å². The summed E-state index contributed by atoms with van der Waals surface area (Å²) in [6.07, 6.45) is 1.93. The zero-order valence-electron chi connectivity index (χ0n) is 16.5. The van der Waals surface area contributed by atoms with Crippen LogP contribution in [0.15, 0.2) is 61.2 Å². The van der Waals surface area contributed by atoms with Gasteiger partial charge >= 0.3 is 5.97 Å². The molecule has 0 aromatic heterocycles. The van der Waals surface area contributed by atoms with E-state index in [2.05, 4.69) is 30.2 Å². The third-order valence-electron chi connectivity index (χ3n) is 5.49. The summed E-state index contributed by atoms with van der Waals surface area (Å²) >= 11 is 0. The average molecular weight is 380 g/mol. The van der Waals surface area contributed by atoms with Crippen LogP contribution in [0.1, 0.15) is 41.4 Å². The smallest absolute Gasteiger partial charge is 0.335 e. The van der Waals surface area contributed by atoms with Crippen molar-refractivity contribution in [3.63, 3.8) is 0 Å². The summed E-state index contributed by atoms with van der Waals surface area (Å²) in [6, 6.07) is 14.8. The van der Waals surface area contributed by atoms with Crippen LogP contribution in [0.2, 0.25) is 0 Å². The normalized spacial score (nSPS) is 21.9. The number of hydrogen-bond acceptors (Lipinski definition) is 4.